The molecule has 152 valence electrons. The van der Waals surface area contributed by atoms with Gasteiger partial charge >= 0.3 is 5.97 Å². The number of aryl methyl sites for hydroxylation is 1. The number of hydrogen-bond donors (Lipinski definition) is 3. The molecule has 3 N–H and O–H groups in total. The Morgan fingerprint density at radius 3 is 2.20 bits per heavy atom. The molecule has 4 aromatic rings. The lowest BCUT2D eigenvalue weighted by atomic mass is 10.0. The molecule has 0 aliphatic carbocycles. The van der Waals surface area contributed by atoms with Crippen molar-refractivity contribution in [1.29, 1.82) is 0 Å². The number of aromatic carboxylic acids is 1. The van der Waals surface area contributed by atoms with Gasteiger partial charge in [0.1, 0.15) is 11.6 Å². The van der Waals surface area contributed by atoms with Crippen molar-refractivity contribution in [3.05, 3.63) is 70.8 Å². The second kappa shape index (κ2) is 6.87. The minimum absolute atomic E-state index is 0.0419. The van der Waals surface area contributed by atoms with E-state index in [9.17, 15) is 32.6 Å². The molecule has 0 fully saturated rings. The summed E-state index contributed by atoms with van der Waals surface area (Å²) in [6.07, 6.45) is 0. The number of aromatic amines is 1. The van der Waals surface area contributed by atoms with Crippen molar-refractivity contribution in [3.63, 3.8) is 0 Å². The van der Waals surface area contributed by atoms with Crippen molar-refractivity contribution >= 4 is 17.0 Å². The smallest absolute Gasteiger partial charge is 0.337 e. The molecule has 1 aromatic heterocycles. The van der Waals surface area contributed by atoms with Gasteiger partial charge in [-0.05, 0) is 42.3 Å². The fourth-order valence-electron chi connectivity index (χ4n) is 3.30. The van der Waals surface area contributed by atoms with Gasteiger partial charge in [0.05, 0.1) is 27.7 Å². The second-order valence-corrected chi connectivity index (χ2v) is 6.65. The number of rotatable bonds is 3. The standard InChI is InChI=1S/C21H12F4N2O3/c1-8-5-11(21(29)30)19-12(6-8)26-20(27-19)14-17(24)15(22)13(16(23)18(14)25)9-3-2-4-10(28)7-9/h2-7,28H,1H3,(H,26,27)(H,29,30). The molecule has 0 saturated heterocycles. The maximum absolute atomic E-state index is 14.8. The number of benzene rings is 3. The number of fused-ring (bicyclic) bond motifs is 1. The van der Waals surface area contributed by atoms with E-state index in [1.807, 2.05) is 0 Å². The highest BCUT2D eigenvalue weighted by molar-refractivity contribution is 6.02. The van der Waals surface area contributed by atoms with Gasteiger partial charge in [-0.3, -0.25) is 0 Å². The molecule has 0 bridgehead atoms. The number of H-pyrrole nitrogens is 1. The van der Waals surface area contributed by atoms with Crippen molar-refractivity contribution < 1.29 is 32.6 Å². The van der Waals surface area contributed by atoms with Crippen LogP contribution in [0.5, 0.6) is 5.75 Å². The van der Waals surface area contributed by atoms with E-state index in [1.165, 1.54) is 30.3 Å². The maximum atomic E-state index is 14.8. The molecule has 0 aliphatic heterocycles. The van der Waals surface area contributed by atoms with Crippen LogP contribution in [0.4, 0.5) is 17.6 Å². The van der Waals surface area contributed by atoms with Crippen LogP contribution in [-0.4, -0.2) is 26.2 Å². The van der Waals surface area contributed by atoms with Crippen LogP contribution in [0.25, 0.3) is 33.5 Å². The molecule has 30 heavy (non-hydrogen) atoms. The zero-order chi connectivity index (χ0) is 21.7. The lowest BCUT2D eigenvalue weighted by Gasteiger charge is -2.11. The van der Waals surface area contributed by atoms with Crippen LogP contribution in [0.3, 0.4) is 0 Å². The Balaban J connectivity index is 1.99. The molecule has 0 unspecified atom stereocenters. The van der Waals surface area contributed by atoms with Crippen molar-refractivity contribution in [2.45, 2.75) is 6.92 Å². The summed E-state index contributed by atoms with van der Waals surface area (Å²) in [5.41, 5.74) is -2.00. The Bertz CT molecular complexity index is 1320. The first-order valence-corrected chi connectivity index (χ1v) is 8.58. The number of hydrogen-bond acceptors (Lipinski definition) is 3. The summed E-state index contributed by atoms with van der Waals surface area (Å²) in [5.74, 6) is -8.98. The van der Waals surface area contributed by atoms with Crippen molar-refractivity contribution in [2.24, 2.45) is 0 Å². The van der Waals surface area contributed by atoms with E-state index >= 15 is 0 Å². The van der Waals surface area contributed by atoms with Gasteiger partial charge in [-0.25, -0.2) is 27.3 Å². The van der Waals surface area contributed by atoms with E-state index in [4.69, 9.17) is 0 Å². The molecule has 3 aromatic carbocycles. The number of aromatic hydroxyl groups is 1. The third-order valence-electron chi connectivity index (χ3n) is 4.60. The van der Waals surface area contributed by atoms with E-state index in [-0.39, 0.29) is 27.9 Å². The van der Waals surface area contributed by atoms with Gasteiger partial charge in [0, 0.05) is 0 Å². The van der Waals surface area contributed by atoms with Gasteiger partial charge in [0.2, 0.25) is 0 Å². The summed E-state index contributed by atoms with van der Waals surface area (Å²) >= 11 is 0. The van der Waals surface area contributed by atoms with Gasteiger partial charge in [-0.15, -0.1) is 0 Å². The Morgan fingerprint density at radius 1 is 0.967 bits per heavy atom. The molecule has 0 atom stereocenters. The number of carboxylic acid groups (broad SMARTS) is 1. The molecule has 4 rings (SSSR count). The number of carbonyl (C=O) groups is 1. The van der Waals surface area contributed by atoms with E-state index in [0.29, 0.717) is 5.56 Å². The third-order valence-corrected chi connectivity index (χ3v) is 4.60. The van der Waals surface area contributed by atoms with E-state index < -0.39 is 46.2 Å². The zero-order valence-electron chi connectivity index (χ0n) is 15.2. The lowest BCUT2D eigenvalue weighted by molar-refractivity contribution is 0.0698. The fourth-order valence-corrected chi connectivity index (χ4v) is 3.30. The summed E-state index contributed by atoms with van der Waals surface area (Å²) in [4.78, 5) is 17.8. The molecule has 0 saturated carbocycles. The predicted molar refractivity (Wildman–Crippen MR) is 100 cm³/mol. The summed E-state index contributed by atoms with van der Waals surface area (Å²) in [7, 11) is 0. The Hall–Kier alpha value is -3.88. The van der Waals surface area contributed by atoms with Crippen LogP contribution >= 0.6 is 0 Å². The highest BCUT2D eigenvalue weighted by Crippen LogP contribution is 2.37. The van der Waals surface area contributed by atoms with Crippen molar-refractivity contribution in [2.75, 3.05) is 0 Å². The number of nitrogens with zero attached hydrogens (tertiary/aromatic N) is 1. The fraction of sp³-hybridized carbons (Fsp3) is 0.0476. The number of phenols is 1. The monoisotopic (exact) mass is 416 g/mol. The van der Waals surface area contributed by atoms with Crippen LogP contribution in [0.1, 0.15) is 15.9 Å². The maximum Gasteiger partial charge on any atom is 0.337 e. The molecule has 0 spiro atoms. The number of imidazole rings is 1. The number of halogens is 4. The number of aromatic nitrogens is 2. The normalized spacial score (nSPS) is 11.2. The molecule has 1 heterocycles. The minimum Gasteiger partial charge on any atom is -0.508 e. The SMILES string of the molecule is Cc1cc(C(=O)O)c2[nH]c(-c3c(F)c(F)c(-c4cccc(O)c4)c(F)c3F)nc2c1. The Kier molecular flexibility index (Phi) is 4.45. The lowest BCUT2D eigenvalue weighted by Crippen LogP contribution is -2.04. The average molecular weight is 416 g/mol. The number of phenolic OH excluding ortho intramolecular Hbond substituents is 1. The van der Waals surface area contributed by atoms with E-state index in [2.05, 4.69) is 9.97 Å². The highest BCUT2D eigenvalue weighted by atomic mass is 19.2. The third kappa shape index (κ3) is 2.95. The molecule has 0 radical (unpaired) electrons. The molecule has 9 heteroatoms. The van der Waals surface area contributed by atoms with Crippen molar-refractivity contribution in [3.8, 4) is 28.3 Å². The highest BCUT2D eigenvalue weighted by Gasteiger charge is 2.29. The molecule has 0 aliphatic rings. The average Bonchev–Trinajstić information content (AvgIpc) is 3.09. The van der Waals surface area contributed by atoms with Crippen molar-refractivity contribution in [1.82, 2.24) is 9.97 Å². The largest absolute Gasteiger partial charge is 0.508 e. The van der Waals surface area contributed by atoms with Gasteiger partial charge in [0.15, 0.2) is 23.3 Å². The zero-order valence-corrected chi connectivity index (χ0v) is 15.2. The summed E-state index contributed by atoms with van der Waals surface area (Å²) in [6.45, 7) is 1.60. The number of nitrogens with one attached hydrogen (secondary N) is 1. The van der Waals surface area contributed by atoms with Crippen LogP contribution in [-0.2, 0) is 0 Å². The van der Waals surface area contributed by atoms with Crippen LogP contribution in [0.15, 0.2) is 36.4 Å². The van der Waals surface area contributed by atoms with E-state index in [1.54, 1.807) is 6.92 Å². The Morgan fingerprint density at radius 2 is 1.60 bits per heavy atom. The first-order chi connectivity index (χ1) is 14.2. The molecular weight excluding hydrogens is 404 g/mol. The Labute approximate surface area is 166 Å². The van der Waals surface area contributed by atoms with Gasteiger partial charge in [-0.1, -0.05) is 12.1 Å². The van der Waals surface area contributed by atoms with Gasteiger partial charge < -0.3 is 15.2 Å². The second-order valence-electron chi connectivity index (χ2n) is 6.65. The van der Waals surface area contributed by atoms with E-state index in [0.717, 1.165) is 6.07 Å². The van der Waals surface area contributed by atoms with Gasteiger partial charge in [-0.2, -0.15) is 0 Å². The number of carboxylic acids is 1. The molecule has 5 nitrogen and oxygen atoms in total. The van der Waals surface area contributed by atoms with Gasteiger partial charge in [0.25, 0.3) is 0 Å². The summed E-state index contributed by atoms with van der Waals surface area (Å²) < 4.78 is 59.1. The van der Waals surface area contributed by atoms with Crippen LogP contribution < -0.4 is 0 Å². The minimum atomic E-state index is -1.71. The van der Waals surface area contributed by atoms with Crippen LogP contribution in [0, 0.1) is 30.2 Å². The summed E-state index contributed by atoms with van der Waals surface area (Å²) in [6, 6.07) is 7.43. The summed E-state index contributed by atoms with van der Waals surface area (Å²) in [5, 5.41) is 18.8. The quantitative estimate of drug-likeness (QED) is 0.318. The molecular formula is C21H12F4N2O3. The predicted octanol–water partition coefficient (Wildman–Crippen LogP) is 5.17. The first kappa shape index (κ1) is 19.4. The topological polar surface area (TPSA) is 86.2 Å². The first-order valence-electron chi connectivity index (χ1n) is 8.58. The molecule has 0 amide bonds. The van der Waals surface area contributed by atoms with Crippen LogP contribution in [0.2, 0.25) is 0 Å².